The molecule has 4 aromatic rings. The highest BCUT2D eigenvalue weighted by atomic mass is 16.2. The first-order chi connectivity index (χ1) is 17.0. The smallest absolute Gasteiger partial charge is 0.303 e. The average Bonchev–Trinajstić information content (AvgIpc) is 3.16. The maximum absolute atomic E-state index is 13.6. The van der Waals surface area contributed by atoms with E-state index in [0.717, 1.165) is 27.0 Å². The fraction of sp³-hybridized carbons (Fsp3) is 0.0714. The number of urea groups is 1. The third-order valence-electron chi connectivity index (χ3n) is 5.93. The fourth-order valence-corrected chi connectivity index (χ4v) is 4.27. The van der Waals surface area contributed by atoms with Crippen molar-refractivity contribution in [1.82, 2.24) is 9.55 Å². The van der Waals surface area contributed by atoms with Crippen molar-refractivity contribution in [3.8, 4) is 5.82 Å². The minimum Gasteiger partial charge on any atom is -0.303 e. The number of carbonyl (C=O) groups is 3. The van der Waals surface area contributed by atoms with Crippen molar-refractivity contribution in [3.63, 3.8) is 0 Å². The molecule has 0 atom stereocenters. The van der Waals surface area contributed by atoms with Crippen molar-refractivity contribution in [2.24, 2.45) is 0 Å². The number of hydrogen-bond acceptors (Lipinski definition) is 4. The van der Waals surface area contributed by atoms with E-state index in [-0.39, 0.29) is 5.57 Å². The van der Waals surface area contributed by atoms with Crippen LogP contribution in [0, 0.1) is 13.8 Å². The van der Waals surface area contributed by atoms with Crippen LogP contribution in [0.1, 0.15) is 17.0 Å². The molecule has 7 heteroatoms. The Labute approximate surface area is 202 Å². The topological polar surface area (TPSA) is 75.5 Å². The molecule has 1 fully saturated rings. The van der Waals surface area contributed by atoms with Crippen LogP contribution in [-0.4, -0.2) is 27.4 Å². The van der Waals surface area contributed by atoms with Gasteiger partial charge >= 0.3 is 6.03 Å². The van der Waals surface area contributed by atoms with Gasteiger partial charge in [-0.05, 0) is 68.0 Å². The van der Waals surface area contributed by atoms with E-state index in [9.17, 15) is 14.4 Å². The molecule has 0 bridgehead atoms. The van der Waals surface area contributed by atoms with Gasteiger partial charge in [-0.15, -0.1) is 0 Å². The van der Waals surface area contributed by atoms with Gasteiger partial charge in [0.05, 0.1) is 11.4 Å². The van der Waals surface area contributed by atoms with E-state index in [0.29, 0.717) is 16.9 Å². The van der Waals surface area contributed by atoms with Crippen molar-refractivity contribution in [3.05, 3.63) is 114 Å². The lowest BCUT2D eigenvalue weighted by Gasteiger charge is -2.33. The maximum atomic E-state index is 13.6. The van der Waals surface area contributed by atoms with Gasteiger partial charge in [-0.3, -0.25) is 9.59 Å². The number of carbonyl (C=O) groups excluding carboxylic acids is 3. The number of rotatable bonds is 4. The molecule has 5 rings (SSSR count). The molecular formula is C28H22N4O3. The van der Waals surface area contributed by atoms with Gasteiger partial charge in [0.2, 0.25) is 0 Å². The third kappa shape index (κ3) is 3.83. The fourth-order valence-electron chi connectivity index (χ4n) is 4.27. The Bertz CT molecular complexity index is 1390. The van der Waals surface area contributed by atoms with Crippen LogP contribution in [0.25, 0.3) is 11.9 Å². The summed E-state index contributed by atoms with van der Waals surface area (Å²) in [5.74, 6) is -0.595. The lowest BCUT2D eigenvalue weighted by molar-refractivity contribution is -0.121. The summed E-state index contributed by atoms with van der Waals surface area (Å²) in [6, 6.07) is 24.0. The van der Waals surface area contributed by atoms with Crippen LogP contribution in [0.3, 0.4) is 0 Å². The Morgan fingerprint density at radius 3 is 1.77 bits per heavy atom. The Morgan fingerprint density at radius 1 is 0.714 bits per heavy atom. The van der Waals surface area contributed by atoms with Gasteiger partial charge < -0.3 is 4.57 Å². The minimum absolute atomic E-state index is 0.0985. The van der Waals surface area contributed by atoms with Gasteiger partial charge in [-0.1, -0.05) is 42.5 Å². The molecule has 0 radical (unpaired) electrons. The number of anilines is 2. The zero-order valence-corrected chi connectivity index (χ0v) is 19.3. The van der Waals surface area contributed by atoms with Crippen LogP contribution >= 0.6 is 0 Å². The average molecular weight is 463 g/mol. The number of pyridine rings is 1. The van der Waals surface area contributed by atoms with Crippen LogP contribution in [0.5, 0.6) is 0 Å². The molecule has 0 saturated carbocycles. The second-order valence-electron chi connectivity index (χ2n) is 8.14. The number of barbiturate groups is 1. The number of nitrogens with zero attached hydrogens (tertiary/aromatic N) is 4. The zero-order chi connectivity index (χ0) is 24.5. The summed E-state index contributed by atoms with van der Waals surface area (Å²) in [5, 5.41) is 0. The molecule has 0 unspecified atom stereocenters. The van der Waals surface area contributed by atoms with Gasteiger partial charge in [0.1, 0.15) is 11.4 Å². The summed E-state index contributed by atoms with van der Waals surface area (Å²) in [4.78, 5) is 47.1. The monoisotopic (exact) mass is 462 g/mol. The highest BCUT2D eigenvalue weighted by molar-refractivity contribution is 6.46. The molecule has 0 N–H and O–H groups in total. The van der Waals surface area contributed by atoms with Crippen molar-refractivity contribution >= 4 is 35.3 Å². The van der Waals surface area contributed by atoms with Gasteiger partial charge in [0.15, 0.2) is 0 Å². The van der Waals surface area contributed by atoms with E-state index >= 15 is 0 Å². The molecule has 0 aliphatic carbocycles. The second kappa shape index (κ2) is 8.87. The van der Waals surface area contributed by atoms with Crippen LogP contribution < -0.4 is 9.80 Å². The first-order valence-corrected chi connectivity index (χ1v) is 11.1. The van der Waals surface area contributed by atoms with E-state index in [1.807, 2.05) is 42.7 Å². The molecule has 172 valence electrons. The largest absolute Gasteiger partial charge is 0.343 e. The molecule has 35 heavy (non-hydrogen) atoms. The first kappa shape index (κ1) is 22.0. The van der Waals surface area contributed by atoms with Gasteiger partial charge in [0, 0.05) is 17.6 Å². The summed E-state index contributed by atoms with van der Waals surface area (Å²) >= 11 is 0. The first-order valence-electron chi connectivity index (χ1n) is 11.1. The summed E-state index contributed by atoms with van der Waals surface area (Å²) in [6.45, 7) is 3.84. The van der Waals surface area contributed by atoms with E-state index < -0.39 is 17.8 Å². The number of aryl methyl sites for hydroxylation is 1. The van der Waals surface area contributed by atoms with Crippen LogP contribution in [-0.2, 0) is 9.59 Å². The standard InChI is InChI=1S/C28H22N4O3/c1-19-17-21(20(2)30(19)25-15-9-10-16-29-25)18-24-26(33)31(22-11-5-3-6-12-22)28(35)32(27(24)34)23-13-7-4-8-14-23/h3-18H,1-2H3. The SMILES string of the molecule is Cc1cc(C=C2C(=O)N(c3ccccc3)C(=O)N(c3ccccc3)C2=O)c(C)n1-c1ccccn1. The number of hydrogen-bond donors (Lipinski definition) is 0. The number of imide groups is 2. The molecule has 2 aromatic carbocycles. The van der Waals surface area contributed by atoms with E-state index in [4.69, 9.17) is 0 Å². The highest BCUT2D eigenvalue weighted by Gasteiger charge is 2.43. The zero-order valence-electron chi connectivity index (χ0n) is 19.3. The number of aromatic nitrogens is 2. The van der Waals surface area contributed by atoms with Crippen molar-refractivity contribution < 1.29 is 14.4 Å². The normalized spacial score (nSPS) is 14.0. The van der Waals surface area contributed by atoms with E-state index in [2.05, 4.69) is 4.98 Å². The molecule has 7 nitrogen and oxygen atoms in total. The predicted octanol–water partition coefficient (Wildman–Crippen LogP) is 5.07. The molecule has 2 aromatic heterocycles. The van der Waals surface area contributed by atoms with Gasteiger partial charge in [-0.25, -0.2) is 19.6 Å². The minimum atomic E-state index is -0.714. The molecular weight excluding hydrogens is 440 g/mol. The van der Waals surface area contributed by atoms with Gasteiger partial charge in [0.25, 0.3) is 11.8 Å². The molecule has 1 aliphatic rings. The molecule has 4 amide bonds. The van der Waals surface area contributed by atoms with E-state index in [1.165, 1.54) is 0 Å². The molecule has 3 heterocycles. The summed E-state index contributed by atoms with van der Waals surface area (Å²) < 4.78 is 1.96. The number of benzene rings is 2. The highest BCUT2D eigenvalue weighted by Crippen LogP contribution is 2.30. The van der Waals surface area contributed by atoms with Crippen molar-refractivity contribution in [2.45, 2.75) is 13.8 Å². The summed E-state index contributed by atoms with van der Waals surface area (Å²) in [6.07, 6.45) is 3.27. The third-order valence-corrected chi connectivity index (χ3v) is 5.93. The Morgan fingerprint density at radius 2 is 1.26 bits per heavy atom. The lowest BCUT2D eigenvalue weighted by Crippen LogP contribution is -2.57. The van der Waals surface area contributed by atoms with Gasteiger partial charge in [-0.2, -0.15) is 0 Å². The molecule has 0 spiro atoms. The summed E-state index contributed by atoms with van der Waals surface area (Å²) in [7, 11) is 0. The predicted molar refractivity (Wildman–Crippen MR) is 134 cm³/mol. The van der Waals surface area contributed by atoms with Crippen LogP contribution in [0.4, 0.5) is 16.2 Å². The number of para-hydroxylation sites is 2. The Balaban J connectivity index is 1.66. The summed E-state index contributed by atoms with van der Waals surface area (Å²) in [5.41, 5.74) is 3.10. The molecule has 1 aliphatic heterocycles. The second-order valence-corrected chi connectivity index (χ2v) is 8.14. The van der Waals surface area contributed by atoms with Crippen LogP contribution in [0.2, 0.25) is 0 Å². The van der Waals surface area contributed by atoms with Crippen molar-refractivity contribution in [2.75, 3.05) is 9.80 Å². The lowest BCUT2D eigenvalue weighted by atomic mass is 10.0. The Hall–Kier alpha value is -4.78. The quantitative estimate of drug-likeness (QED) is 0.313. The maximum Gasteiger partial charge on any atom is 0.343 e. The van der Waals surface area contributed by atoms with Crippen LogP contribution in [0.15, 0.2) is 96.7 Å². The Kier molecular flexibility index (Phi) is 5.58. The molecule has 1 saturated heterocycles. The van der Waals surface area contributed by atoms with Crippen molar-refractivity contribution in [1.29, 1.82) is 0 Å². The number of amides is 4. The van der Waals surface area contributed by atoms with E-state index in [1.54, 1.807) is 72.9 Å².